The summed E-state index contributed by atoms with van der Waals surface area (Å²) < 4.78 is 20.5. The van der Waals surface area contributed by atoms with E-state index in [1.807, 2.05) is 6.07 Å². The molecule has 0 saturated carbocycles. The molecule has 0 aliphatic heterocycles. The lowest BCUT2D eigenvalue weighted by atomic mass is 10.1. The van der Waals surface area contributed by atoms with Gasteiger partial charge in [0.2, 0.25) is 0 Å². The van der Waals surface area contributed by atoms with Crippen LogP contribution in [0.5, 0.6) is 0 Å². The SMILES string of the molecule is O=C(NCc1ccnc(-n2cccn2)c1)c1cc(-c2ccccc2F)on1. The number of aromatic nitrogens is 4. The summed E-state index contributed by atoms with van der Waals surface area (Å²) in [6, 6.07) is 13.0. The number of nitrogens with one attached hydrogen (secondary N) is 1. The smallest absolute Gasteiger partial charge is 0.273 e. The predicted molar refractivity (Wildman–Crippen MR) is 94.4 cm³/mol. The molecule has 1 aromatic carbocycles. The fourth-order valence-electron chi connectivity index (χ4n) is 2.54. The molecular weight excluding hydrogens is 349 g/mol. The molecule has 0 atom stereocenters. The van der Waals surface area contributed by atoms with Crippen LogP contribution in [-0.2, 0) is 6.54 Å². The zero-order chi connectivity index (χ0) is 18.6. The molecule has 0 unspecified atom stereocenters. The van der Waals surface area contributed by atoms with E-state index in [0.29, 0.717) is 5.82 Å². The molecule has 134 valence electrons. The molecule has 8 heteroatoms. The van der Waals surface area contributed by atoms with Crippen LogP contribution in [0.4, 0.5) is 4.39 Å². The second-order valence-corrected chi connectivity index (χ2v) is 5.71. The van der Waals surface area contributed by atoms with E-state index in [9.17, 15) is 9.18 Å². The highest BCUT2D eigenvalue weighted by atomic mass is 19.1. The molecule has 0 radical (unpaired) electrons. The van der Waals surface area contributed by atoms with Crippen LogP contribution < -0.4 is 5.32 Å². The Hall–Kier alpha value is -3.81. The van der Waals surface area contributed by atoms with Crippen LogP contribution in [0.1, 0.15) is 16.1 Å². The number of hydrogen-bond acceptors (Lipinski definition) is 5. The van der Waals surface area contributed by atoms with Crippen LogP contribution in [-0.4, -0.2) is 25.8 Å². The number of nitrogens with zero attached hydrogens (tertiary/aromatic N) is 4. The van der Waals surface area contributed by atoms with Crippen molar-refractivity contribution in [2.24, 2.45) is 0 Å². The maximum atomic E-state index is 13.8. The highest BCUT2D eigenvalue weighted by Gasteiger charge is 2.15. The number of hydrogen-bond donors (Lipinski definition) is 1. The van der Waals surface area contributed by atoms with Crippen LogP contribution in [0.2, 0.25) is 0 Å². The summed E-state index contributed by atoms with van der Waals surface area (Å²) in [4.78, 5) is 16.5. The second kappa shape index (κ2) is 7.20. The van der Waals surface area contributed by atoms with Crippen LogP contribution in [0.25, 0.3) is 17.1 Å². The third-order valence-corrected chi connectivity index (χ3v) is 3.88. The number of carbonyl (C=O) groups is 1. The van der Waals surface area contributed by atoms with Crippen molar-refractivity contribution in [1.82, 2.24) is 25.2 Å². The molecule has 0 aliphatic rings. The maximum Gasteiger partial charge on any atom is 0.273 e. The van der Waals surface area contributed by atoms with Gasteiger partial charge in [-0.25, -0.2) is 14.1 Å². The summed E-state index contributed by atoms with van der Waals surface area (Å²) in [6.45, 7) is 0.275. The molecule has 4 aromatic rings. The lowest BCUT2D eigenvalue weighted by molar-refractivity contribution is 0.0942. The Bertz CT molecular complexity index is 1080. The summed E-state index contributed by atoms with van der Waals surface area (Å²) in [5, 5.41) is 10.6. The van der Waals surface area contributed by atoms with Crippen molar-refractivity contribution in [2.75, 3.05) is 0 Å². The largest absolute Gasteiger partial charge is 0.355 e. The third kappa shape index (κ3) is 3.59. The standard InChI is InChI=1S/C19H14FN5O2/c20-15-5-2-1-4-14(15)17-11-16(24-27-17)19(26)22-12-13-6-8-21-18(10-13)25-9-3-7-23-25/h1-11H,12H2,(H,22,26). The first-order valence-corrected chi connectivity index (χ1v) is 8.15. The van der Waals surface area contributed by atoms with Gasteiger partial charge in [0.25, 0.3) is 5.91 Å². The molecule has 0 spiro atoms. The minimum absolute atomic E-state index is 0.0783. The molecule has 27 heavy (non-hydrogen) atoms. The van der Waals surface area contributed by atoms with Gasteiger partial charge in [0.05, 0.1) is 5.56 Å². The Morgan fingerprint density at radius 1 is 1.15 bits per heavy atom. The molecule has 3 aromatic heterocycles. The number of benzene rings is 1. The van der Waals surface area contributed by atoms with Crippen LogP contribution in [0.3, 0.4) is 0 Å². The van der Waals surface area contributed by atoms with E-state index in [1.165, 1.54) is 12.1 Å². The van der Waals surface area contributed by atoms with Gasteiger partial charge in [-0.05, 0) is 35.9 Å². The van der Waals surface area contributed by atoms with Gasteiger partial charge in [-0.3, -0.25) is 4.79 Å². The van der Waals surface area contributed by atoms with Crippen LogP contribution >= 0.6 is 0 Å². The van der Waals surface area contributed by atoms with E-state index in [0.717, 1.165) is 5.56 Å². The number of pyridine rings is 1. The van der Waals surface area contributed by atoms with Crippen LogP contribution in [0, 0.1) is 5.82 Å². The summed E-state index contributed by atoms with van der Waals surface area (Å²) >= 11 is 0. The van der Waals surface area contributed by atoms with E-state index in [1.54, 1.807) is 53.6 Å². The Labute approximate surface area is 153 Å². The molecule has 1 amide bonds. The number of amides is 1. The van der Waals surface area contributed by atoms with Crippen molar-refractivity contribution < 1.29 is 13.7 Å². The number of halogens is 1. The Kier molecular flexibility index (Phi) is 4.44. The molecule has 3 heterocycles. The molecule has 0 aliphatic carbocycles. The van der Waals surface area contributed by atoms with Crippen molar-refractivity contribution >= 4 is 5.91 Å². The molecule has 4 rings (SSSR count). The van der Waals surface area contributed by atoms with E-state index in [-0.39, 0.29) is 23.6 Å². The lowest BCUT2D eigenvalue weighted by Gasteiger charge is -2.05. The minimum atomic E-state index is -0.441. The first kappa shape index (κ1) is 16.6. The van der Waals surface area contributed by atoms with Gasteiger partial charge in [-0.15, -0.1) is 0 Å². The van der Waals surface area contributed by atoms with Gasteiger partial charge in [0.1, 0.15) is 5.82 Å². The van der Waals surface area contributed by atoms with Gasteiger partial charge in [0, 0.05) is 31.2 Å². The Balaban J connectivity index is 1.45. The number of rotatable bonds is 5. The zero-order valence-electron chi connectivity index (χ0n) is 14.0. The van der Waals surface area contributed by atoms with Crippen molar-refractivity contribution in [1.29, 1.82) is 0 Å². The van der Waals surface area contributed by atoms with Gasteiger partial charge >= 0.3 is 0 Å². The molecular formula is C19H14FN5O2. The molecule has 1 N–H and O–H groups in total. The summed E-state index contributed by atoms with van der Waals surface area (Å²) in [5.41, 5.74) is 1.18. The fourth-order valence-corrected chi connectivity index (χ4v) is 2.54. The maximum absolute atomic E-state index is 13.8. The summed E-state index contributed by atoms with van der Waals surface area (Å²) in [6.07, 6.45) is 5.09. The zero-order valence-corrected chi connectivity index (χ0v) is 14.0. The van der Waals surface area contributed by atoms with Gasteiger partial charge < -0.3 is 9.84 Å². The summed E-state index contributed by atoms with van der Waals surface area (Å²) in [7, 11) is 0. The quantitative estimate of drug-likeness (QED) is 0.589. The van der Waals surface area contributed by atoms with Crippen LogP contribution in [0.15, 0.2) is 71.6 Å². The highest BCUT2D eigenvalue weighted by Crippen LogP contribution is 2.23. The topological polar surface area (TPSA) is 85.8 Å². The van der Waals surface area contributed by atoms with E-state index >= 15 is 0 Å². The fraction of sp³-hybridized carbons (Fsp3) is 0.0526. The lowest BCUT2D eigenvalue weighted by Crippen LogP contribution is -2.23. The van der Waals surface area contributed by atoms with Gasteiger partial charge in [-0.2, -0.15) is 5.10 Å². The normalized spacial score (nSPS) is 10.7. The van der Waals surface area contributed by atoms with Crippen molar-refractivity contribution in [2.45, 2.75) is 6.54 Å². The van der Waals surface area contributed by atoms with Gasteiger partial charge in [0.15, 0.2) is 17.3 Å². The monoisotopic (exact) mass is 363 g/mol. The Morgan fingerprint density at radius 2 is 2.04 bits per heavy atom. The van der Waals surface area contributed by atoms with E-state index in [2.05, 4.69) is 20.6 Å². The van der Waals surface area contributed by atoms with E-state index in [4.69, 9.17) is 4.52 Å². The van der Waals surface area contributed by atoms with Crippen molar-refractivity contribution in [3.8, 4) is 17.1 Å². The molecule has 0 saturated heterocycles. The number of carbonyl (C=O) groups excluding carboxylic acids is 1. The third-order valence-electron chi connectivity index (χ3n) is 3.88. The summed E-state index contributed by atoms with van der Waals surface area (Å²) in [5.74, 6) is -0.0134. The average molecular weight is 363 g/mol. The van der Waals surface area contributed by atoms with Crippen molar-refractivity contribution in [3.05, 3.63) is 84.2 Å². The van der Waals surface area contributed by atoms with Crippen molar-refractivity contribution in [3.63, 3.8) is 0 Å². The second-order valence-electron chi connectivity index (χ2n) is 5.71. The first-order chi connectivity index (χ1) is 13.2. The van der Waals surface area contributed by atoms with Gasteiger partial charge in [-0.1, -0.05) is 17.3 Å². The molecule has 0 bridgehead atoms. The molecule has 7 nitrogen and oxygen atoms in total. The highest BCUT2D eigenvalue weighted by molar-refractivity contribution is 5.93. The first-order valence-electron chi connectivity index (χ1n) is 8.15. The average Bonchev–Trinajstić information content (AvgIpc) is 3.39. The van der Waals surface area contributed by atoms with E-state index < -0.39 is 11.7 Å². The molecule has 0 fully saturated rings. The minimum Gasteiger partial charge on any atom is -0.355 e. The predicted octanol–water partition coefficient (Wildman–Crippen LogP) is 2.99. The Morgan fingerprint density at radius 3 is 2.85 bits per heavy atom.